The van der Waals surface area contributed by atoms with E-state index in [9.17, 15) is 9.18 Å². The third-order valence-corrected chi connectivity index (χ3v) is 4.76. The molecule has 0 radical (unpaired) electrons. The number of ether oxygens (including phenoxy) is 1. The van der Waals surface area contributed by atoms with Crippen molar-refractivity contribution in [3.05, 3.63) is 77.4 Å². The van der Waals surface area contributed by atoms with E-state index in [1.54, 1.807) is 24.3 Å². The zero-order valence-electron chi connectivity index (χ0n) is 15.2. The van der Waals surface area contributed by atoms with Crippen molar-refractivity contribution in [2.45, 2.75) is 19.9 Å². The van der Waals surface area contributed by atoms with E-state index >= 15 is 0 Å². The van der Waals surface area contributed by atoms with Gasteiger partial charge >= 0.3 is 0 Å². The van der Waals surface area contributed by atoms with Crippen molar-refractivity contribution >= 4 is 11.6 Å². The highest BCUT2D eigenvalue weighted by atomic mass is 19.1. The summed E-state index contributed by atoms with van der Waals surface area (Å²) in [6, 6.07) is 14.2. The summed E-state index contributed by atoms with van der Waals surface area (Å²) in [6.45, 7) is 2.33. The van der Waals surface area contributed by atoms with Crippen molar-refractivity contribution in [3.63, 3.8) is 0 Å². The molecule has 0 aliphatic carbocycles. The number of amides is 1. The normalized spacial score (nSPS) is 13.0. The maximum absolute atomic E-state index is 13.5. The van der Waals surface area contributed by atoms with E-state index in [2.05, 4.69) is 4.98 Å². The molecule has 0 fully saturated rings. The van der Waals surface area contributed by atoms with Crippen LogP contribution in [0.4, 0.5) is 10.1 Å². The molecule has 3 aromatic rings. The number of hydrogen-bond acceptors (Lipinski definition) is 3. The Morgan fingerprint density at radius 2 is 2.04 bits per heavy atom. The molecular weight excluding hydrogens is 343 g/mol. The lowest BCUT2D eigenvalue weighted by molar-refractivity contribution is -0.117. The number of carbonyl (C=O) groups is 1. The maximum Gasteiger partial charge on any atom is 0.233 e. The van der Waals surface area contributed by atoms with E-state index in [1.807, 2.05) is 37.3 Å². The Hall–Kier alpha value is -3.21. The lowest BCUT2D eigenvalue weighted by Gasteiger charge is -2.18. The lowest BCUT2D eigenvalue weighted by atomic mass is 10.0. The molecule has 1 amide bonds. The van der Waals surface area contributed by atoms with Gasteiger partial charge in [0.25, 0.3) is 0 Å². The monoisotopic (exact) mass is 362 g/mol. The molecular formula is C22H19FN2O2. The average Bonchev–Trinajstić information content (AvgIpc) is 2.96. The van der Waals surface area contributed by atoms with Gasteiger partial charge in [-0.2, -0.15) is 0 Å². The number of methoxy groups -OCH3 is 1. The molecule has 5 heteroatoms. The molecule has 1 aromatic heterocycles. The number of pyridine rings is 1. The van der Waals surface area contributed by atoms with Gasteiger partial charge in [-0.3, -0.25) is 9.78 Å². The van der Waals surface area contributed by atoms with Crippen LogP contribution < -0.4 is 9.64 Å². The third-order valence-electron chi connectivity index (χ3n) is 4.76. The number of halogens is 1. The molecule has 136 valence electrons. The summed E-state index contributed by atoms with van der Waals surface area (Å²) >= 11 is 0. The van der Waals surface area contributed by atoms with Crippen LogP contribution in [-0.2, 0) is 17.8 Å². The topological polar surface area (TPSA) is 42.4 Å². The van der Waals surface area contributed by atoms with Gasteiger partial charge in [0.2, 0.25) is 5.91 Å². The number of fused-ring (bicyclic) bond motifs is 1. The first-order chi connectivity index (χ1) is 13.0. The van der Waals surface area contributed by atoms with Crippen molar-refractivity contribution < 1.29 is 13.9 Å². The quantitative estimate of drug-likeness (QED) is 0.695. The summed E-state index contributed by atoms with van der Waals surface area (Å²) < 4.78 is 19.0. The smallest absolute Gasteiger partial charge is 0.233 e. The zero-order valence-corrected chi connectivity index (χ0v) is 15.2. The van der Waals surface area contributed by atoms with E-state index in [0.29, 0.717) is 6.54 Å². The third kappa shape index (κ3) is 3.28. The predicted molar refractivity (Wildman–Crippen MR) is 102 cm³/mol. The standard InChI is InChI=1S/C22H19FN2O2/c1-14-6-7-18(21(8-14)27-2)16-10-20-19(24-12-16)11-22(26)25(20)13-15-4-3-5-17(23)9-15/h3-10,12H,11,13H2,1-2H3. The molecule has 0 saturated carbocycles. The highest BCUT2D eigenvalue weighted by Gasteiger charge is 2.29. The van der Waals surface area contributed by atoms with Gasteiger partial charge in [0, 0.05) is 17.3 Å². The van der Waals surface area contributed by atoms with Crippen molar-refractivity contribution in [1.29, 1.82) is 0 Å². The summed E-state index contributed by atoms with van der Waals surface area (Å²) in [5, 5.41) is 0. The molecule has 0 N–H and O–H groups in total. The van der Waals surface area contributed by atoms with Crippen molar-refractivity contribution in [3.8, 4) is 16.9 Å². The first-order valence-corrected chi connectivity index (χ1v) is 8.74. The van der Waals surface area contributed by atoms with Crippen LogP contribution in [0.5, 0.6) is 5.75 Å². The SMILES string of the molecule is COc1cc(C)ccc1-c1cnc2c(c1)N(Cc1cccc(F)c1)C(=O)C2. The molecule has 1 aliphatic heterocycles. The van der Waals surface area contributed by atoms with Crippen LogP contribution in [0.2, 0.25) is 0 Å². The highest BCUT2D eigenvalue weighted by Crippen LogP contribution is 2.36. The summed E-state index contributed by atoms with van der Waals surface area (Å²) in [4.78, 5) is 18.7. The number of aromatic nitrogens is 1. The van der Waals surface area contributed by atoms with E-state index in [-0.39, 0.29) is 18.1 Å². The second-order valence-electron chi connectivity index (χ2n) is 6.68. The number of hydrogen-bond donors (Lipinski definition) is 0. The fourth-order valence-corrected chi connectivity index (χ4v) is 3.40. The molecule has 2 aromatic carbocycles. The number of carbonyl (C=O) groups excluding carboxylic acids is 1. The largest absolute Gasteiger partial charge is 0.496 e. The van der Waals surface area contributed by atoms with Gasteiger partial charge in [-0.15, -0.1) is 0 Å². The van der Waals surface area contributed by atoms with Gasteiger partial charge in [0.1, 0.15) is 11.6 Å². The van der Waals surface area contributed by atoms with Gasteiger partial charge < -0.3 is 9.64 Å². The Morgan fingerprint density at radius 3 is 2.81 bits per heavy atom. The van der Waals surface area contributed by atoms with Crippen molar-refractivity contribution in [2.75, 3.05) is 12.0 Å². The fraction of sp³-hybridized carbons (Fsp3) is 0.182. The number of rotatable bonds is 4. The Labute approximate surface area is 157 Å². The summed E-state index contributed by atoms with van der Waals surface area (Å²) in [5.41, 5.74) is 5.16. The van der Waals surface area contributed by atoms with E-state index < -0.39 is 0 Å². The summed E-state index contributed by atoms with van der Waals surface area (Å²) in [7, 11) is 1.64. The van der Waals surface area contributed by atoms with Crippen LogP contribution in [-0.4, -0.2) is 18.0 Å². The number of aryl methyl sites for hydroxylation is 1. The Morgan fingerprint density at radius 1 is 1.19 bits per heavy atom. The molecule has 1 aliphatic rings. The highest BCUT2D eigenvalue weighted by molar-refractivity contribution is 6.01. The van der Waals surface area contributed by atoms with Gasteiger partial charge in [-0.05, 0) is 42.3 Å². The van der Waals surface area contributed by atoms with Crippen molar-refractivity contribution in [2.24, 2.45) is 0 Å². The molecule has 27 heavy (non-hydrogen) atoms. The predicted octanol–water partition coefficient (Wildman–Crippen LogP) is 4.29. The van der Waals surface area contributed by atoms with Crippen molar-refractivity contribution in [1.82, 2.24) is 4.98 Å². The van der Waals surface area contributed by atoms with Crippen LogP contribution in [0, 0.1) is 12.7 Å². The fourth-order valence-electron chi connectivity index (χ4n) is 3.40. The minimum atomic E-state index is -0.310. The molecule has 4 nitrogen and oxygen atoms in total. The molecule has 2 heterocycles. The van der Waals surface area contributed by atoms with Crippen LogP contribution in [0.15, 0.2) is 54.7 Å². The first kappa shape index (κ1) is 17.2. The Balaban J connectivity index is 1.73. The van der Waals surface area contributed by atoms with Crippen LogP contribution in [0.1, 0.15) is 16.8 Å². The Bertz CT molecular complexity index is 1030. The molecule has 0 bridgehead atoms. The maximum atomic E-state index is 13.5. The number of anilines is 1. The van der Waals surface area contributed by atoms with E-state index in [0.717, 1.165) is 39.4 Å². The molecule has 0 spiro atoms. The molecule has 0 atom stereocenters. The molecule has 0 saturated heterocycles. The zero-order chi connectivity index (χ0) is 19.0. The van der Waals surface area contributed by atoms with Gasteiger partial charge in [-0.1, -0.05) is 24.3 Å². The molecule has 4 rings (SSSR count). The van der Waals surface area contributed by atoms with Crippen LogP contribution >= 0.6 is 0 Å². The number of benzene rings is 2. The first-order valence-electron chi connectivity index (χ1n) is 8.74. The van der Waals surface area contributed by atoms with Gasteiger partial charge in [0.05, 0.1) is 31.5 Å². The second-order valence-corrected chi connectivity index (χ2v) is 6.68. The van der Waals surface area contributed by atoms with Gasteiger partial charge in [-0.25, -0.2) is 4.39 Å². The van der Waals surface area contributed by atoms with Crippen LogP contribution in [0.3, 0.4) is 0 Å². The van der Waals surface area contributed by atoms with E-state index in [4.69, 9.17) is 4.74 Å². The minimum absolute atomic E-state index is 0.0326. The Kier molecular flexibility index (Phi) is 4.36. The average molecular weight is 362 g/mol. The number of nitrogens with zero attached hydrogens (tertiary/aromatic N) is 2. The summed E-state index contributed by atoms with van der Waals surface area (Å²) in [5.74, 6) is 0.420. The van der Waals surface area contributed by atoms with Crippen LogP contribution in [0.25, 0.3) is 11.1 Å². The lowest BCUT2D eigenvalue weighted by Crippen LogP contribution is -2.26. The minimum Gasteiger partial charge on any atom is -0.496 e. The second kappa shape index (κ2) is 6.83. The summed E-state index contributed by atoms with van der Waals surface area (Å²) in [6.07, 6.45) is 2.03. The van der Waals surface area contributed by atoms with Gasteiger partial charge in [0.15, 0.2) is 0 Å². The molecule has 0 unspecified atom stereocenters. The van der Waals surface area contributed by atoms with E-state index in [1.165, 1.54) is 12.1 Å².